The number of carbonyl (C=O) groups excluding carboxylic acids is 1. The SMILES string of the molecule is O=C(O)C[C@H](NC(=O)[C@H]1COCCO1)c1ccccc1. The molecule has 1 aromatic carbocycles. The van der Waals surface area contributed by atoms with Crippen molar-refractivity contribution >= 4 is 11.9 Å². The highest BCUT2D eigenvalue weighted by atomic mass is 16.6. The molecule has 2 atom stereocenters. The zero-order chi connectivity index (χ0) is 14.4. The molecule has 0 spiro atoms. The van der Waals surface area contributed by atoms with E-state index in [0.29, 0.717) is 13.2 Å². The molecule has 1 heterocycles. The van der Waals surface area contributed by atoms with Crippen molar-refractivity contribution in [3.8, 4) is 0 Å². The van der Waals surface area contributed by atoms with Crippen molar-refractivity contribution in [2.75, 3.05) is 19.8 Å². The monoisotopic (exact) mass is 279 g/mol. The predicted octanol–water partition coefficient (Wildman–Crippen LogP) is 0.734. The Bertz CT molecular complexity index is 456. The van der Waals surface area contributed by atoms with Crippen molar-refractivity contribution in [2.45, 2.75) is 18.6 Å². The molecule has 0 unspecified atom stereocenters. The minimum absolute atomic E-state index is 0.177. The molecule has 0 aliphatic carbocycles. The molecule has 20 heavy (non-hydrogen) atoms. The summed E-state index contributed by atoms with van der Waals surface area (Å²) in [5.74, 6) is -1.32. The van der Waals surface area contributed by atoms with E-state index >= 15 is 0 Å². The number of aliphatic carboxylic acids is 1. The van der Waals surface area contributed by atoms with Gasteiger partial charge in [0, 0.05) is 0 Å². The molecular weight excluding hydrogens is 262 g/mol. The van der Waals surface area contributed by atoms with Crippen LogP contribution < -0.4 is 5.32 Å². The van der Waals surface area contributed by atoms with Gasteiger partial charge in [-0.1, -0.05) is 30.3 Å². The first-order valence-corrected chi connectivity index (χ1v) is 6.43. The highest BCUT2D eigenvalue weighted by Gasteiger charge is 2.26. The van der Waals surface area contributed by atoms with Crippen molar-refractivity contribution < 1.29 is 24.2 Å². The summed E-state index contributed by atoms with van der Waals surface area (Å²) in [4.78, 5) is 23.0. The van der Waals surface area contributed by atoms with E-state index in [2.05, 4.69) is 5.32 Å². The van der Waals surface area contributed by atoms with Gasteiger partial charge in [0.25, 0.3) is 5.91 Å². The first-order chi connectivity index (χ1) is 9.66. The summed E-state index contributed by atoms with van der Waals surface area (Å²) < 4.78 is 10.5. The number of carboxylic acids is 1. The number of benzene rings is 1. The van der Waals surface area contributed by atoms with Gasteiger partial charge in [-0.3, -0.25) is 9.59 Å². The van der Waals surface area contributed by atoms with Gasteiger partial charge < -0.3 is 19.9 Å². The summed E-state index contributed by atoms with van der Waals surface area (Å²) in [6.07, 6.45) is -0.854. The maximum Gasteiger partial charge on any atom is 0.305 e. The molecule has 108 valence electrons. The molecule has 1 saturated heterocycles. The minimum Gasteiger partial charge on any atom is -0.481 e. The van der Waals surface area contributed by atoms with Crippen molar-refractivity contribution in [3.05, 3.63) is 35.9 Å². The second kappa shape index (κ2) is 7.02. The zero-order valence-corrected chi connectivity index (χ0v) is 11.0. The van der Waals surface area contributed by atoms with Crippen molar-refractivity contribution in [2.24, 2.45) is 0 Å². The number of hydrogen-bond donors (Lipinski definition) is 2. The fourth-order valence-corrected chi connectivity index (χ4v) is 2.02. The number of nitrogens with one attached hydrogen (secondary N) is 1. The van der Waals surface area contributed by atoms with Crippen LogP contribution in [0.2, 0.25) is 0 Å². The molecule has 1 aromatic rings. The standard InChI is InChI=1S/C14H17NO5/c16-13(17)8-11(10-4-2-1-3-5-10)15-14(18)12-9-19-6-7-20-12/h1-5,11-12H,6-9H2,(H,15,18)(H,16,17)/t11-,12+/m0/s1. The average Bonchev–Trinajstić information content (AvgIpc) is 2.48. The van der Waals surface area contributed by atoms with Crippen LogP contribution in [0.4, 0.5) is 0 Å². The molecule has 0 saturated carbocycles. The molecule has 0 aromatic heterocycles. The Morgan fingerprint density at radius 3 is 2.65 bits per heavy atom. The van der Waals surface area contributed by atoms with Gasteiger partial charge in [-0.2, -0.15) is 0 Å². The van der Waals surface area contributed by atoms with Crippen LogP contribution in [-0.2, 0) is 19.1 Å². The summed E-state index contributed by atoms with van der Waals surface area (Å²) in [5.41, 5.74) is 0.750. The van der Waals surface area contributed by atoms with E-state index in [9.17, 15) is 9.59 Å². The highest BCUT2D eigenvalue weighted by Crippen LogP contribution is 2.17. The third-order valence-electron chi connectivity index (χ3n) is 3.01. The predicted molar refractivity (Wildman–Crippen MR) is 70.1 cm³/mol. The largest absolute Gasteiger partial charge is 0.481 e. The summed E-state index contributed by atoms with van der Waals surface area (Å²) in [6.45, 7) is 1.04. The first kappa shape index (κ1) is 14.5. The fraction of sp³-hybridized carbons (Fsp3) is 0.429. The Hall–Kier alpha value is -1.92. The fourth-order valence-electron chi connectivity index (χ4n) is 2.02. The minimum atomic E-state index is -0.972. The van der Waals surface area contributed by atoms with E-state index < -0.39 is 18.1 Å². The van der Waals surface area contributed by atoms with Crippen molar-refractivity contribution in [1.29, 1.82) is 0 Å². The van der Waals surface area contributed by atoms with Gasteiger partial charge >= 0.3 is 5.97 Å². The molecule has 1 aliphatic rings. The Morgan fingerprint density at radius 2 is 2.05 bits per heavy atom. The van der Waals surface area contributed by atoms with E-state index in [-0.39, 0.29) is 18.9 Å². The van der Waals surface area contributed by atoms with Crippen LogP contribution in [0.5, 0.6) is 0 Å². The highest BCUT2D eigenvalue weighted by molar-refractivity contribution is 5.82. The van der Waals surface area contributed by atoms with E-state index in [1.807, 2.05) is 6.07 Å². The van der Waals surface area contributed by atoms with Crippen LogP contribution in [0.3, 0.4) is 0 Å². The number of carboxylic acid groups (broad SMARTS) is 1. The Balaban J connectivity index is 2.03. The van der Waals surface area contributed by atoms with Gasteiger partial charge in [0.2, 0.25) is 0 Å². The normalized spacial score (nSPS) is 20.1. The number of ether oxygens (including phenoxy) is 2. The lowest BCUT2D eigenvalue weighted by molar-refractivity contribution is -0.148. The second-order valence-electron chi connectivity index (χ2n) is 4.50. The van der Waals surface area contributed by atoms with Crippen LogP contribution in [-0.4, -0.2) is 42.9 Å². The zero-order valence-electron chi connectivity index (χ0n) is 11.0. The van der Waals surface area contributed by atoms with Gasteiger partial charge in [0.05, 0.1) is 32.3 Å². The summed E-state index contributed by atoms with van der Waals surface area (Å²) in [7, 11) is 0. The second-order valence-corrected chi connectivity index (χ2v) is 4.50. The molecule has 1 aliphatic heterocycles. The van der Waals surface area contributed by atoms with E-state index in [0.717, 1.165) is 5.56 Å². The molecule has 2 rings (SSSR count). The number of rotatable bonds is 5. The van der Waals surface area contributed by atoms with Crippen molar-refractivity contribution in [3.63, 3.8) is 0 Å². The topological polar surface area (TPSA) is 84.9 Å². The van der Waals surface area contributed by atoms with E-state index in [1.165, 1.54) is 0 Å². The quantitative estimate of drug-likeness (QED) is 0.830. The first-order valence-electron chi connectivity index (χ1n) is 6.43. The summed E-state index contributed by atoms with van der Waals surface area (Å²) in [6, 6.07) is 8.43. The molecule has 6 heteroatoms. The van der Waals surface area contributed by atoms with Gasteiger partial charge in [-0.25, -0.2) is 0 Å². The lowest BCUT2D eigenvalue weighted by Crippen LogP contribution is -2.44. The van der Waals surface area contributed by atoms with Crippen LogP contribution in [0, 0.1) is 0 Å². The van der Waals surface area contributed by atoms with Crippen LogP contribution in [0.15, 0.2) is 30.3 Å². The third-order valence-corrected chi connectivity index (χ3v) is 3.01. The van der Waals surface area contributed by atoms with Gasteiger partial charge in [-0.15, -0.1) is 0 Å². The Labute approximate surface area is 116 Å². The Kier molecular flexibility index (Phi) is 5.09. The molecular formula is C14H17NO5. The van der Waals surface area contributed by atoms with Gasteiger partial charge in [0.15, 0.2) is 6.10 Å². The van der Waals surface area contributed by atoms with Crippen LogP contribution in [0.25, 0.3) is 0 Å². The third kappa shape index (κ3) is 4.04. The molecule has 1 fully saturated rings. The van der Waals surface area contributed by atoms with Gasteiger partial charge in [-0.05, 0) is 5.56 Å². The lowest BCUT2D eigenvalue weighted by Gasteiger charge is -2.25. The molecule has 6 nitrogen and oxygen atoms in total. The maximum atomic E-state index is 12.1. The summed E-state index contributed by atoms with van der Waals surface area (Å²) in [5, 5.41) is 11.7. The van der Waals surface area contributed by atoms with Crippen LogP contribution >= 0.6 is 0 Å². The number of hydrogen-bond acceptors (Lipinski definition) is 4. The molecule has 2 N–H and O–H groups in total. The van der Waals surface area contributed by atoms with Gasteiger partial charge in [0.1, 0.15) is 0 Å². The molecule has 0 bridgehead atoms. The molecule has 1 amide bonds. The summed E-state index contributed by atoms with van der Waals surface area (Å²) >= 11 is 0. The number of amides is 1. The smallest absolute Gasteiger partial charge is 0.305 e. The lowest BCUT2D eigenvalue weighted by atomic mass is 10.0. The Morgan fingerprint density at radius 1 is 1.30 bits per heavy atom. The number of carbonyl (C=O) groups is 2. The maximum absolute atomic E-state index is 12.1. The molecule has 0 radical (unpaired) electrons. The van der Waals surface area contributed by atoms with Crippen LogP contribution in [0.1, 0.15) is 18.0 Å². The average molecular weight is 279 g/mol. The van der Waals surface area contributed by atoms with E-state index in [1.54, 1.807) is 24.3 Å². The van der Waals surface area contributed by atoms with E-state index in [4.69, 9.17) is 14.6 Å². The van der Waals surface area contributed by atoms with Crippen molar-refractivity contribution in [1.82, 2.24) is 5.32 Å².